The molecule has 0 amide bonds. The molecule has 6 heteroatoms. The summed E-state index contributed by atoms with van der Waals surface area (Å²) in [6, 6.07) is 18.4. The maximum atomic E-state index is 13.3. The Morgan fingerprint density at radius 1 is 0.933 bits per heavy atom. The summed E-state index contributed by atoms with van der Waals surface area (Å²) in [6.45, 7) is 3.23. The minimum atomic E-state index is -4.60. The van der Waals surface area contributed by atoms with Crippen molar-refractivity contribution in [3.05, 3.63) is 95.1 Å². The molecule has 0 aliphatic carbocycles. The van der Waals surface area contributed by atoms with Gasteiger partial charge in [0.25, 0.3) is 0 Å². The van der Waals surface area contributed by atoms with Crippen LogP contribution in [0.25, 0.3) is 0 Å². The summed E-state index contributed by atoms with van der Waals surface area (Å²) in [6.07, 6.45) is -4.60. The van der Waals surface area contributed by atoms with Crippen LogP contribution in [0.4, 0.5) is 13.2 Å². The average molecular weight is 428 g/mol. The van der Waals surface area contributed by atoms with Gasteiger partial charge in [0.1, 0.15) is 5.60 Å². The zero-order chi connectivity index (χ0) is 21.9. The Kier molecular flexibility index (Phi) is 6.16. The van der Waals surface area contributed by atoms with Gasteiger partial charge in [-0.3, -0.25) is 0 Å². The van der Waals surface area contributed by atoms with Crippen LogP contribution in [0.15, 0.2) is 82.6 Å². The number of hydrogen-bond acceptors (Lipinski definition) is 2. The first-order chi connectivity index (χ1) is 14.1. The molecule has 30 heavy (non-hydrogen) atoms. The highest BCUT2D eigenvalue weighted by atomic mass is 32.2. The van der Waals surface area contributed by atoms with Crippen molar-refractivity contribution in [3.8, 4) is 11.8 Å². The third-order valence-corrected chi connectivity index (χ3v) is 5.93. The van der Waals surface area contributed by atoms with Crippen LogP contribution in [0, 0.1) is 18.8 Å². The van der Waals surface area contributed by atoms with Gasteiger partial charge in [-0.15, -0.1) is 0 Å². The molecule has 2 nitrogen and oxygen atoms in total. The second-order valence-electron chi connectivity index (χ2n) is 6.98. The Labute approximate surface area is 175 Å². The molecule has 3 aromatic carbocycles. The lowest BCUT2D eigenvalue weighted by Gasteiger charge is -2.22. The second kappa shape index (κ2) is 8.47. The van der Waals surface area contributed by atoms with Crippen molar-refractivity contribution in [2.75, 3.05) is 0 Å². The number of hydrogen-bond donors (Lipinski definition) is 1. The molecule has 0 aliphatic heterocycles. The molecular weight excluding hydrogens is 409 g/mol. The fraction of sp³-hybridized carbons (Fsp3) is 0.167. The molecule has 0 spiro atoms. The fourth-order valence-electron chi connectivity index (χ4n) is 2.83. The van der Waals surface area contributed by atoms with Gasteiger partial charge in [-0.05, 0) is 50.2 Å². The zero-order valence-electron chi connectivity index (χ0n) is 16.3. The van der Waals surface area contributed by atoms with Gasteiger partial charge in [-0.25, -0.2) is 4.21 Å². The largest absolute Gasteiger partial charge is 0.416 e. The molecule has 2 atom stereocenters. The maximum absolute atomic E-state index is 13.3. The monoisotopic (exact) mass is 428 g/mol. The molecule has 0 fully saturated rings. The van der Waals surface area contributed by atoms with Crippen molar-refractivity contribution in [2.24, 2.45) is 0 Å². The maximum Gasteiger partial charge on any atom is 0.416 e. The summed E-state index contributed by atoms with van der Waals surface area (Å²) < 4.78 is 53.0. The molecule has 1 unspecified atom stereocenters. The Bertz CT molecular complexity index is 1120. The molecule has 154 valence electrons. The van der Waals surface area contributed by atoms with Crippen molar-refractivity contribution in [2.45, 2.75) is 35.4 Å². The molecular formula is C24H19F3O2S. The van der Waals surface area contributed by atoms with Crippen molar-refractivity contribution in [1.29, 1.82) is 0 Å². The van der Waals surface area contributed by atoms with E-state index in [0.717, 1.165) is 23.8 Å². The summed E-state index contributed by atoms with van der Waals surface area (Å²) >= 11 is 0. The lowest BCUT2D eigenvalue weighted by Crippen LogP contribution is -2.22. The highest BCUT2D eigenvalue weighted by Gasteiger charge is 2.34. The molecule has 0 bridgehead atoms. The van der Waals surface area contributed by atoms with E-state index in [4.69, 9.17) is 0 Å². The minimum Gasteiger partial charge on any atom is -0.374 e. The van der Waals surface area contributed by atoms with Crippen LogP contribution in [-0.2, 0) is 22.6 Å². The highest BCUT2D eigenvalue weighted by Crippen LogP contribution is 2.36. The van der Waals surface area contributed by atoms with Crippen molar-refractivity contribution < 1.29 is 22.5 Å². The van der Waals surface area contributed by atoms with E-state index >= 15 is 0 Å². The van der Waals surface area contributed by atoms with Gasteiger partial charge in [0.05, 0.1) is 21.3 Å². The van der Waals surface area contributed by atoms with E-state index in [-0.39, 0.29) is 10.5 Å². The summed E-state index contributed by atoms with van der Waals surface area (Å²) in [5, 5.41) is 11.0. The summed E-state index contributed by atoms with van der Waals surface area (Å²) in [7, 11) is -1.93. The van der Waals surface area contributed by atoms with Crippen LogP contribution in [0.2, 0.25) is 0 Å². The number of aryl methyl sites for hydroxylation is 1. The van der Waals surface area contributed by atoms with E-state index in [2.05, 4.69) is 11.8 Å². The van der Waals surface area contributed by atoms with E-state index in [9.17, 15) is 22.5 Å². The van der Waals surface area contributed by atoms with Gasteiger partial charge in [0.15, 0.2) is 0 Å². The van der Waals surface area contributed by atoms with Crippen LogP contribution < -0.4 is 0 Å². The van der Waals surface area contributed by atoms with Crippen molar-refractivity contribution in [1.82, 2.24) is 0 Å². The summed E-state index contributed by atoms with van der Waals surface area (Å²) in [5.41, 5.74) is -1.10. The first kappa shape index (κ1) is 21.8. The fourth-order valence-corrected chi connectivity index (χ4v) is 4.16. The topological polar surface area (TPSA) is 37.3 Å². The van der Waals surface area contributed by atoms with Gasteiger partial charge in [0.2, 0.25) is 0 Å². The minimum absolute atomic E-state index is 0.0674. The predicted molar refractivity (Wildman–Crippen MR) is 110 cm³/mol. The molecule has 0 aliphatic rings. The standard InChI is InChI=1S/C24H19F3O2S/c1-17-8-11-20(12-9-17)30(29)22-16-19(24(25,26)27)10-13-21(22)23(2,28)15-14-18-6-4-3-5-7-18/h3-13,16,28H,1-2H3/t23-,30?/m1/s1. The number of benzene rings is 3. The quantitative estimate of drug-likeness (QED) is 0.564. The highest BCUT2D eigenvalue weighted by molar-refractivity contribution is 7.85. The van der Waals surface area contributed by atoms with Gasteiger partial charge in [0, 0.05) is 16.0 Å². The molecule has 3 rings (SSSR count). The number of alkyl halides is 3. The molecule has 0 heterocycles. The molecule has 3 aromatic rings. The van der Waals surface area contributed by atoms with E-state index < -0.39 is 28.1 Å². The normalized spacial score (nSPS) is 14.3. The van der Waals surface area contributed by atoms with Crippen LogP contribution in [-0.4, -0.2) is 9.32 Å². The average Bonchev–Trinajstić information content (AvgIpc) is 2.72. The van der Waals surface area contributed by atoms with E-state index in [1.807, 2.05) is 13.0 Å². The van der Waals surface area contributed by atoms with Crippen molar-refractivity contribution >= 4 is 10.8 Å². The molecule has 1 N–H and O–H groups in total. The lowest BCUT2D eigenvalue weighted by molar-refractivity contribution is -0.137. The molecule has 0 saturated carbocycles. The van der Waals surface area contributed by atoms with Crippen LogP contribution >= 0.6 is 0 Å². The molecule has 0 saturated heterocycles. The van der Waals surface area contributed by atoms with Crippen LogP contribution in [0.5, 0.6) is 0 Å². The Morgan fingerprint density at radius 3 is 2.17 bits per heavy atom. The zero-order valence-corrected chi connectivity index (χ0v) is 17.1. The summed E-state index contributed by atoms with van der Waals surface area (Å²) in [4.78, 5) is 0.217. The van der Waals surface area contributed by atoms with Gasteiger partial charge >= 0.3 is 6.18 Å². The second-order valence-corrected chi connectivity index (χ2v) is 8.43. The number of rotatable bonds is 3. The molecule has 0 radical (unpaired) electrons. The summed E-state index contributed by atoms with van der Waals surface area (Å²) in [5.74, 6) is 5.52. The smallest absolute Gasteiger partial charge is 0.374 e. The lowest BCUT2D eigenvalue weighted by atomic mass is 9.95. The number of aliphatic hydroxyl groups is 1. The van der Waals surface area contributed by atoms with Gasteiger partial charge in [-0.2, -0.15) is 13.2 Å². The van der Waals surface area contributed by atoms with Crippen LogP contribution in [0.1, 0.15) is 29.2 Å². The Morgan fingerprint density at radius 2 is 1.57 bits per heavy atom. The Balaban J connectivity index is 2.12. The van der Waals surface area contributed by atoms with Crippen molar-refractivity contribution in [3.63, 3.8) is 0 Å². The SMILES string of the molecule is Cc1ccc(S(=O)c2cc(C(F)(F)F)ccc2[C@](C)(O)C#Cc2ccccc2)cc1. The first-order valence-electron chi connectivity index (χ1n) is 9.09. The Hall–Kier alpha value is -2.88. The van der Waals surface area contributed by atoms with Gasteiger partial charge < -0.3 is 5.11 Å². The predicted octanol–water partition coefficient (Wildman–Crippen LogP) is 5.44. The van der Waals surface area contributed by atoms with E-state index in [1.54, 1.807) is 48.5 Å². The third-order valence-electron chi connectivity index (χ3n) is 4.49. The van der Waals surface area contributed by atoms with Crippen LogP contribution in [0.3, 0.4) is 0 Å². The van der Waals surface area contributed by atoms with E-state index in [1.165, 1.54) is 6.92 Å². The molecule has 0 aromatic heterocycles. The number of halogens is 3. The van der Waals surface area contributed by atoms with E-state index in [0.29, 0.717) is 10.5 Å². The van der Waals surface area contributed by atoms with Gasteiger partial charge in [-0.1, -0.05) is 53.8 Å². The third kappa shape index (κ3) is 4.99. The first-order valence-corrected chi connectivity index (χ1v) is 10.2.